The van der Waals surface area contributed by atoms with Gasteiger partial charge in [-0.3, -0.25) is 4.79 Å². The summed E-state index contributed by atoms with van der Waals surface area (Å²) in [4.78, 5) is 16.2. The average Bonchev–Trinajstić information content (AvgIpc) is 3.05. The van der Waals surface area contributed by atoms with Crippen LogP contribution < -0.4 is 5.32 Å². The molecule has 1 fully saturated rings. The molecule has 1 N–H and O–H groups in total. The number of rotatable bonds is 4. The second kappa shape index (κ2) is 4.61. The van der Waals surface area contributed by atoms with E-state index in [1.54, 1.807) is 11.3 Å². The Morgan fingerprint density at radius 2 is 2.41 bits per heavy atom. The number of nitrogens with zero attached hydrogens (tertiary/aromatic N) is 1. The first kappa shape index (κ1) is 11.0. The van der Waals surface area contributed by atoms with E-state index in [0.717, 1.165) is 18.5 Å². The average molecular weight is 248 g/mol. The van der Waals surface area contributed by atoms with Crippen LogP contribution in [0.3, 0.4) is 0 Å². The number of carbonyl (C=O) groups excluding carboxylic acids is 1. The highest BCUT2D eigenvalue weighted by molar-refractivity contribution is 7.07. The first-order valence-electron chi connectivity index (χ1n) is 6.16. The standard InChI is InChI=1S/C13H16N2OS/c16-13(12-6-9-1-2-10(12)5-9)14-4-3-11-7-17-8-15-11/h1-2,7-10,12H,3-6H2,(H,14,16)/t9-,10+,12-/m1/s1. The van der Waals surface area contributed by atoms with Gasteiger partial charge in [0.1, 0.15) is 0 Å². The zero-order chi connectivity index (χ0) is 11.7. The molecule has 3 atom stereocenters. The number of nitrogens with one attached hydrogen (secondary N) is 1. The number of hydrogen-bond donors (Lipinski definition) is 1. The van der Waals surface area contributed by atoms with E-state index in [9.17, 15) is 4.79 Å². The van der Waals surface area contributed by atoms with Crippen LogP contribution in [-0.2, 0) is 11.2 Å². The number of hydrogen-bond acceptors (Lipinski definition) is 3. The molecule has 0 radical (unpaired) electrons. The van der Waals surface area contributed by atoms with Crippen molar-refractivity contribution in [3.05, 3.63) is 28.7 Å². The minimum atomic E-state index is 0.223. The van der Waals surface area contributed by atoms with Crippen molar-refractivity contribution in [2.75, 3.05) is 6.54 Å². The molecule has 90 valence electrons. The van der Waals surface area contributed by atoms with E-state index < -0.39 is 0 Å². The second-order valence-electron chi connectivity index (χ2n) is 4.91. The smallest absolute Gasteiger partial charge is 0.223 e. The SMILES string of the molecule is O=C(NCCc1cscn1)[C@@H]1C[C@@H]2C=C[C@H]1C2. The molecule has 1 amide bonds. The molecule has 0 aromatic carbocycles. The Balaban J connectivity index is 1.46. The van der Waals surface area contributed by atoms with E-state index in [1.165, 1.54) is 6.42 Å². The molecule has 1 aromatic rings. The zero-order valence-corrected chi connectivity index (χ0v) is 10.5. The number of carbonyl (C=O) groups is 1. The van der Waals surface area contributed by atoms with E-state index >= 15 is 0 Å². The fourth-order valence-electron chi connectivity index (χ4n) is 2.89. The lowest BCUT2D eigenvalue weighted by molar-refractivity contribution is -0.125. The minimum absolute atomic E-state index is 0.223. The van der Waals surface area contributed by atoms with Gasteiger partial charge in [0.2, 0.25) is 5.91 Å². The Hall–Kier alpha value is -1.16. The van der Waals surface area contributed by atoms with Crippen LogP contribution in [0.25, 0.3) is 0 Å². The molecule has 2 aliphatic rings. The van der Waals surface area contributed by atoms with Gasteiger partial charge in [0.25, 0.3) is 0 Å². The molecule has 0 spiro atoms. The maximum atomic E-state index is 12.0. The molecule has 3 rings (SSSR count). The highest BCUT2D eigenvalue weighted by atomic mass is 32.1. The summed E-state index contributed by atoms with van der Waals surface area (Å²) in [5, 5.41) is 5.07. The Labute approximate surface area is 105 Å². The topological polar surface area (TPSA) is 42.0 Å². The quantitative estimate of drug-likeness (QED) is 0.828. The fourth-order valence-corrected chi connectivity index (χ4v) is 3.48. The van der Waals surface area contributed by atoms with Gasteiger partial charge in [0.05, 0.1) is 11.2 Å². The van der Waals surface area contributed by atoms with Crippen LogP contribution in [0.5, 0.6) is 0 Å². The summed E-state index contributed by atoms with van der Waals surface area (Å²) < 4.78 is 0. The lowest BCUT2D eigenvalue weighted by Crippen LogP contribution is -2.34. The maximum absolute atomic E-state index is 12.0. The number of amides is 1. The van der Waals surface area contributed by atoms with E-state index in [1.807, 2.05) is 10.9 Å². The summed E-state index contributed by atoms with van der Waals surface area (Å²) in [6.07, 6.45) is 7.56. The van der Waals surface area contributed by atoms with Crippen LogP contribution in [0.4, 0.5) is 0 Å². The summed E-state index contributed by atoms with van der Waals surface area (Å²) in [6.45, 7) is 0.708. The monoisotopic (exact) mass is 248 g/mol. The summed E-state index contributed by atoms with van der Waals surface area (Å²) >= 11 is 1.60. The molecule has 1 heterocycles. The predicted molar refractivity (Wildman–Crippen MR) is 67.7 cm³/mol. The number of aromatic nitrogens is 1. The van der Waals surface area contributed by atoms with Crippen molar-refractivity contribution in [2.45, 2.75) is 19.3 Å². The first-order chi connectivity index (χ1) is 8.33. The van der Waals surface area contributed by atoms with Gasteiger partial charge in [-0.2, -0.15) is 0 Å². The predicted octanol–water partition coefficient (Wildman–Crippen LogP) is 2.01. The van der Waals surface area contributed by atoms with Gasteiger partial charge in [-0.15, -0.1) is 11.3 Å². The third-order valence-electron chi connectivity index (χ3n) is 3.78. The molecule has 0 saturated heterocycles. The number of thiazole rings is 1. The second-order valence-corrected chi connectivity index (χ2v) is 5.63. The van der Waals surface area contributed by atoms with Crippen LogP contribution in [0.15, 0.2) is 23.0 Å². The maximum Gasteiger partial charge on any atom is 0.223 e. The molecule has 2 aliphatic carbocycles. The van der Waals surface area contributed by atoms with E-state index in [4.69, 9.17) is 0 Å². The third-order valence-corrected chi connectivity index (χ3v) is 4.41. The van der Waals surface area contributed by atoms with Crippen molar-refractivity contribution in [1.82, 2.24) is 10.3 Å². The highest BCUT2D eigenvalue weighted by Crippen LogP contribution is 2.43. The van der Waals surface area contributed by atoms with Crippen LogP contribution >= 0.6 is 11.3 Å². The molecular formula is C13H16N2OS. The normalized spacial score (nSPS) is 29.8. The molecular weight excluding hydrogens is 232 g/mol. The van der Waals surface area contributed by atoms with Crippen LogP contribution in [0.2, 0.25) is 0 Å². The molecule has 4 heteroatoms. The van der Waals surface area contributed by atoms with Crippen molar-refractivity contribution in [1.29, 1.82) is 0 Å². The molecule has 3 nitrogen and oxygen atoms in total. The van der Waals surface area contributed by atoms with Gasteiger partial charge >= 0.3 is 0 Å². The van der Waals surface area contributed by atoms with Gasteiger partial charge in [-0.1, -0.05) is 12.2 Å². The fraction of sp³-hybridized carbons (Fsp3) is 0.538. The largest absolute Gasteiger partial charge is 0.355 e. The lowest BCUT2D eigenvalue weighted by Gasteiger charge is -2.17. The van der Waals surface area contributed by atoms with E-state index in [-0.39, 0.29) is 11.8 Å². The van der Waals surface area contributed by atoms with Crippen molar-refractivity contribution in [3.63, 3.8) is 0 Å². The van der Waals surface area contributed by atoms with Crippen molar-refractivity contribution >= 4 is 17.2 Å². The molecule has 0 aliphatic heterocycles. The van der Waals surface area contributed by atoms with Gasteiger partial charge in [-0.05, 0) is 24.7 Å². The summed E-state index contributed by atoms with van der Waals surface area (Å²) in [6, 6.07) is 0. The summed E-state index contributed by atoms with van der Waals surface area (Å²) in [5.74, 6) is 1.62. The third kappa shape index (κ3) is 2.27. The zero-order valence-electron chi connectivity index (χ0n) is 9.63. The first-order valence-corrected chi connectivity index (χ1v) is 7.10. The molecule has 1 aromatic heterocycles. The van der Waals surface area contributed by atoms with Crippen LogP contribution in [0.1, 0.15) is 18.5 Å². The molecule has 1 saturated carbocycles. The van der Waals surface area contributed by atoms with Gasteiger partial charge < -0.3 is 5.32 Å². The Kier molecular flexibility index (Phi) is 2.97. The highest BCUT2D eigenvalue weighted by Gasteiger charge is 2.39. The number of fused-ring (bicyclic) bond motifs is 2. The number of allylic oxidation sites excluding steroid dienone is 2. The molecule has 2 bridgehead atoms. The summed E-state index contributed by atoms with van der Waals surface area (Å²) in [5.41, 5.74) is 2.90. The molecule has 17 heavy (non-hydrogen) atoms. The van der Waals surface area contributed by atoms with Gasteiger partial charge in [0, 0.05) is 24.3 Å². The van der Waals surface area contributed by atoms with Gasteiger partial charge in [0.15, 0.2) is 0 Å². The summed E-state index contributed by atoms with van der Waals surface area (Å²) in [7, 11) is 0. The van der Waals surface area contributed by atoms with E-state index in [2.05, 4.69) is 22.5 Å². The Bertz CT molecular complexity index is 427. The van der Waals surface area contributed by atoms with Crippen molar-refractivity contribution < 1.29 is 4.79 Å². The Morgan fingerprint density at radius 3 is 3.06 bits per heavy atom. The Morgan fingerprint density at radius 1 is 1.47 bits per heavy atom. The van der Waals surface area contributed by atoms with Gasteiger partial charge in [-0.25, -0.2) is 4.98 Å². The minimum Gasteiger partial charge on any atom is -0.355 e. The van der Waals surface area contributed by atoms with Crippen molar-refractivity contribution in [2.24, 2.45) is 17.8 Å². The van der Waals surface area contributed by atoms with E-state index in [0.29, 0.717) is 18.4 Å². The van der Waals surface area contributed by atoms with Crippen LogP contribution in [-0.4, -0.2) is 17.4 Å². The van der Waals surface area contributed by atoms with Crippen LogP contribution in [0, 0.1) is 17.8 Å². The van der Waals surface area contributed by atoms with Crippen molar-refractivity contribution in [3.8, 4) is 0 Å². The molecule has 0 unspecified atom stereocenters. The lowest BCUT2D eigenvalue weighted by atomic mass is 9.93.